The number of hydrogen-bond donors (Lipinski definition) is 0. The van der Waals surface area contributed by atoms with Crippen LogP contribution in [0.2, 0.25) is 0 Å². The van der Waals surface area contributed by atoms with Crippen LogP contribution in [0, 0.1) is 0 Å². The lowest BCUT2D eigenvalue weighted by Gasteiger charge is -2.42. The standard InChI is InChI=1S/C26H34N4O4/c1-32-21-6-8-22(9-7-21)34-25-24(27-12-13-28-25)19-10-14-29(15-11-19)26(31)23-18-33-17-16-30(23)20-4-2-3-5-20/h6-9,12-13,19-20,23H,2-5,10-11,14-18H2,1H3. The summed E-state index contributed by atoms with van der Waals surface area (Å²) in [7, 11) is 1.64. The zero-order chi connectivity index (χ0) is 23.3. The number of amides is 1. The maximum absolute atomic E-state index is 13.5. The monoisotopic (exact) mass is 466 g/mol. The third-order valence-corrected chi connectivity index (χ3v) is 7.41. The van der Waals surface area contributed by atoms with Crippen LogP contribution in [0.4, 0.5) is 0 Å². The average molecular weight is 467 g/mol. The minimum atomic E-state index is -0.140. The molecule has 1 unspecified atom stereocenters. The molecule has 3 heterocycles. The summed E-state index contributed by atoms with van der Waals surface area (Å²) in [5.74, 6) is 2.43. The SMILES string of the molecule is COc1ccc(Oc2nccnc2C2CCN(C(=O)C3COCCN3C3CCCC3)CC2)cc1. The van der Waals surface area contributed by atoms with Gasteiger partial charge in [0.25, 0.3) is 0 Å². The molecule has 8 nitrogen and oxygen atoms in total. The predicted octanol–water partition coefficient (Wildman–Crippen LogP) is 3.63. The number of morpholine rings is 1. The fourth-order valence-corrected chi connectivity index (χ4v) is 5.54. The minimum absolute atomic E-state index is 0.140. The first-order chi connectivity index (χ1) is 16.7. The summed E-state index contributed by atoms with van der Waals surface area (Å²) in [6.45, 7) is 3.54. The number of carbonyl (C=O) groups is 1. The van der Waals surface area contributed by atoms with Crippen LogP contribution in [0.15, 0.2) is 36.7 Å². The maximum atomic E-state index is 13.5. The van der Waals surface area contributed by atoms with Gasteiger partial charge < -0.3 is 19.1 Å². The van der Waals surface area contributed by atoms with Crippen LogP contribution in [-0.2, 0) is 9.53 Å². The summed E-state index contributed by atoms with van der Waals surface area (Å²) in [6.07, 6.45) is 10.0. The quantitative estimate of drug-likeness (QED) is 0.643. The number of aromatic nitrogens is 2. The number of ether oxygens (including phenoxy) is 3. The van der Waals surface area contributed by atoms with Crippen molar-refractivity contribution in [2.45, 2.75) is 56.5 Å². The van der Waals surface area contributed by atoms with Gasteiger partial charge in [-0.3, -0.25) is 14.7 Å². The van der Waals surface area contributed by atoms with Gasteiger partial charge in [0.1, 0.15) is 23.2 Å². The summed E-state index contributed by atoms with van der Waals surface area (Å²) in [5, 5.41) is 0. The smallest absolute Gasteiger partial charge is 0.242 e. The second kappa shape index (κ2) is 10.7. The fourth-order valence-electron chi connectivity index (χ4n) is 5.54. The normalized spacial score (nSPS) is 22.6. The number of rotatable bonds is 6. The second-order valence-corrected chi connectivity index (χ2v) is 9.39. The largest absolute Gasteiger partial charge is 0.497 e. The molecule has 1 atom stereocenters. The van der Waals surface area contributed by atoms with Crippen LogP contribution in [0.25, 0.3) is 0 Å². The van der Waals surface area contributed by atoms with E-state index >= 15 is 0 Å². The molecule has 0 N–H and O–H groups in total. The molecule has 0 radical (unpaired) electrons. The number of carbonyl (C=O) groups excluding carboxylic acids is 1. The molecule has 3 fully saturated rings. The van der Waals surface area contributed by atoms with Crippen LogP contribution in [0.1, 0.15) is 50.1 Å². The molecule has 0 bridgehead atoms. The van der Waals surface area contributed by atoms with Crippen molar-refractivity contribution in [3.8, 4) is 17.4 Å². The summed E-state index contributed by atoms with van der Waals surface area (Å²) in [5.41, 5.74) is 0.860. The van der Waals surface area contributed by atoms with Gasteiger partial charge in [0.2, 0.25) is 11.8 Å². The van der Waals surface area contributed by atoms with Gasteiger partial charge in [-0.15, -0.1) is 0 Å². The third-order valence-electron chi connectivity index (χ3n) is 7.41. The third kappa shape index (κ3) is 5.03. The highest BCUT2D eigenvalue weighted by atomic mass is 16.5. The maximum Gasteiger partial charge on any atom is 0.242 e. The van der Waals surface area contributed by atoms with E-state index in [0.717, 1.165) is 50.5 Å². The summed E-state index contributed by atoms with van der Waals surface area (Å²) in [6, 6.07) is 7.84. The van der Waals surface area contributed by atoms with Crippen LogP contribution in [0.5, 0.6) is 17.4 Å². The number of hydrogen-bond acceptors (Lipinski definition) is 7. The minimum Gasteiger partial charge on any atom is -0.497 e. The van der Waals surface area contributed by atoms with E-state index in [4.69, 9.17) is 14.2 Å². The number of likely N-dealkylation sites (tertiary alicyclic amines) is 1. The van der Waals surface area contributed by atoms with Gasteiger partial charge in [-0.2, -0.15) is 0 Å². The Kier molecular flexibility index (Phi) is 7.25. The molecule has 1 aromatic carbocycles. The Bertz CT molecular complexity index is 956. The number of nitrogens with zero attached hydrogens (tertiary/aromatic N) is 4. The molecule has 2 saturated heterocycles. The molecule has 3 aliphatic rings. The van der Waals surface area contributed by atoms with Crippen LogP contribution >= 0.6 is 0 Å². The highest BCUT2D eigenvalue weighted by Gasteiger charge is 2.38. The van der Waals surface area contributed by atoms with Crippen molar-refractivity contribution in [2.75, 3.05) is 40.0 Å². The Balaban J connectivity index is 1.22. The van der Waals surface area contributed by atoms with E-state index in [1.54, 1.807) is 19.5 Å². The van der Waals surface area contributed by atoms with Gasteiger partial charge >= 0.3 is 0 Å². The topological polar surface area (TPSA) is 77.0 Å². The van der Waals surface area contributed by atoms with E-state index in [0.29, 0.717) is 24.3 Å². The van der Waals surface area contributed by atoms with Gasteiger partial charge in [-0.1, -0.05) is 12.8 Å². The van der Waals surface area contributed by atoms with E-state index in [1.807, 2.05) is 29.2 Å². The zero-order valence-corrected chi connectivity index (χ0v) is 19.9. The van der Waals surface area contributed by atoms with Gasteiger partial charge in [-0.25, -0.2) is 4.98 Å². The molecular formula is C26H34N4O4. The molecule has 2 aliphatic heterocycles. The molecule has 5 rings (SSSR count). The van der Waals surface area contributed by atoms with E-state index in [-0.39, 0.29) is 17.9 Å². The average Bonchev–Trinajstić information content (AvgIpc) is 3.44. The lowest BCUT2D eigenvalue weighted by molar-refractivity contribution is -0.146. The highest BCUT2D eigenvalue weighted by molar-refractivity contribution is 5.82. The van der Waals surface area contributed by atoms with Gasteiger partial charge in [-0.05, 0) is 49.9 Å². The van der Waals surface area contributed by atoms with Crippen molar-refractivity contribution < 1.29 is 19.0 Å². The molecule has 1 saturated carbocycles. The molecule has 0 spiro atoms. The van der Waals surface area contributed by atoms with Crippen molar-refractivity contribution in [3.63, 3.8) is 0 Å². The molecule has 1 aromatic heterocycles. The Morgan fingerprint density at radius 1 is 0.971 bits per heavy atom. The summed E-state index contributed by atoms with van der Waals surface area (Å²) < 4.78 is 17.0. The Hall–Kier alpha value is -2.71. The van der Waals surface area contributed by atoms with Crippen LogP contribution < -0.4 is 9.47 Å². The van der Waals surface area contributed by atoms with Crippen molar-refractivity contribution in [2.24, 2.45) is 0 Å². The molecule has 2 aromatic rings. The molecular weight excluding hydrogens is 432 g/mol. The fraction of sp³-hybridized carbons (Fsp3) is 0.577. The molecule has 1 aliphatic carbocycles. The second-order valence-electron chi connectivity index (χ2n) is 9.39. The summed E-state index contributed by atoms with van der Waals surface area (Å²) >= 11 is 0. The van der Waals surface area contributed by atoms with E-state index < -0.39 is 0 Å². The van der Waals surface area contributed by atoms with Crippen molar-refractivity contribution in [3.05, 3.63) is 42.4 Å². The first-order valence-corrected chi connectivity index (χ1v) is 12.5. The number of benzene rings is 1. The number of piperidine rings is 1. The predicted molar refractivity (Wildman–Crippen MR) is 127 cm³/mol. The zero-order valence-electron chi connectivity index (χ0n) is 19.9. The van der Waals surface area contributed by atoms with Crippen LogP contribution in [0.3, 0.4) is 0 Å². The van der Waals surface area contributed by atoms with E-state index in [9.17, 15) is 4.79 Å². The Labute approximate surface area is 201 Å². The van der Waals surface area contributed by atoms with Crippen molar-refractivity contribution in [1.29, 1.82) is 0 Å². The van der Waals surface area contributed by atoms with Gasteiger partial charge in [0.05, 0.1) is 20.3 Å². The van der Waals surface area contributed by atoms with Crippen LogP contribution in [-0.4, -0.2) is 77.7 Å². The van der Waals surface area contributed by atoms with Gasteiger partial charge in [0.15, 0.2) is 0 Å². The van der Waals surface area contributed by atoms with E-state index in [1.165, 1.54) is 25.7 Å². The van der Waals surface area contributed by atoms with E-state index in [2.05, 4.69) is 14.9 Å². The molecule has 182 valence electrons. The number of methoxy groups -OCH3 is 1. The highest BCUT2D eigenvalue weighted by Crippen LogP contribution is 2.34. The Morgan fingerprint density at radius 3 is 2.41 bits per heavy atom. The lowest BCUT2D eigenvalue weighted by atomic mass is 9.92. The Morgan fingerprint density at radius 2 is 1.68 bits per heavy atom. The lowest BCUT2D eigenvalue weighted by Crippen LogP contribution is -2.58. The first-order valence-electron chi connectivity index (χ1n) is 12.5. The van der Waals surface area contributed by atoms with Crippen molar-refractivity contribution >= 4 is 5.91 Å². The molecule has 34 heavy (non-hydrogen) atoms. The molecule has 1 amide bonds. The first kappa shape index (κ1) is 23.1. The van der Waals surface area contributed by atoms with Gasteiger partial charge in [0, 0.05) is 44.0 Å². The molecule has 8 heteroatoms. The summed E-state index contributed by atoms with van der Waals surface area (Å²) in [4.78, 5) is 27.0. The van der Waals surface area contributed by atoms with Crippen molar-refractivity contribution in [1.82, 2.24) is 19.8 Å².